The van der Waals surface area contributed by atoms with Gasteiger partial charge in [-0.2, -0.15) is 21.6 Å². The summed E-state index contributed by atoms with van der Waals surface area (Å²) in [6, 6.07) is 11.8. The van der Waals surface area contributed by atoms with Gasteiger partial charge in [0, 0.05) is 23.1 Å². The minimum Gasteiger partial charge on any atom is -0.423 e. The molecular weight excluding hydrogens is 373 g/mol. The molecule has 1 aromatic heterocycles. The van der Waals surface area contributed by atoms with Crippen molar-refractivity contribution in [3.05, 3.63) is 64.5 Å². The summed E-state index contributed by atoms with van der Waals surface area (Å²) < 4.78 is 68.6. The molecule has 3 rings (SSSR count). The fourth-order valence-electron chi connectivity index (χ4n) is 2.47. The average Bonchev–Trinajstić information content (AvgIpc) is 2.53. The molecule has 0 saturated carbocycles. The van der Waals surface area contributed by atoms with Crippen molar-refractivity contribution in [2.45, 2.75) is 12.4 Å². The first-order chi connectivity index (χ1) is 12.1. The van der Waals surface area contributed by atoms with Crippen LogP contribution in [0, 0.1) is 6.92 Å². The van der Waals surface area contributed by atoms with Crippen LogP contribution >= 0.6 is 0 Å². The first kappa shape index (κ1) is 18.0. The Hall–Kier alpha value is -2.81. The van der Waals surface area contributed by atoms with Crippen LogP contribution in [0.2, 0.25) is 0 Å². The van der Waals surface area contributed by atoms with E-state index in [9.17, 15) is 26.4 Å². The second kappa shape index (κ2) is 6.17. The molecule has 3 aromatic rings. The van der Waals surface area contributed by atoms with E-state index >= 15 is 0 Å². The monoisotopic (exact) mass is 384 g/mol. The van der Waals surface area contributed by atoms with Gasteiger partial charge in [0.2, 0.25) is 0 Å². The Balaban J connectivity index is 2.16. The van der Waals surface area contributed by atoms with Crippen LogP contribution in [0.15, 0.2) is 57.7 Å². The lowest BCUT2D eigenvalue weighted by Gasteiger charge is -2.11. The van der Waals surface area contributed by atoms with Gasteiger partial charge in [-0.1, -0.05) is 24.3 Å². The molecule has 0 fully saturated rings. The van der Waals surface area contributed by atoms with E-state index in [0.717, 1.165) is 23.3 Å². The average molecular weight is 384 g/mol. The lowest BCUT2D eigenvalue weighted by Crippen LogP contribution is -2.28. The number of benzene rings is 2. The quantitative estimate of drug-likeness (QED) is 0.388. The van der Waals surface area contributed by atoms with E-state index in [2.05, 4.69) is 4.18 Å². The van der Waals surface area contributed by atoms with Crippen molar-refractivity contribution >= 4 is 21.1 Å². The van der Waals surface area contributed by atoms with Gasteiger partial charge in [-0.3, -0.25) is 0 Å². The Labute approximate surface area is 145 Å². The molecule has 136 valence electrons. The van der Waals surface area contributed by atoms with Crippen molar-refractivity contribution in [1.82, 2.24) is 0 Å². The number of fused-ring (bicyclic) bond motifs is 1. The second-order valence-corrected chi connectivity index (χ2v) is 6.97. The number of halogens is 3. The lowest BCUT2D eigenvalue weighted by molar-refractivity contribution is -0.0500. The van der Waals surface area contributed by atoms with E-state index in [1.807, 2.05) is 19.1 Å². The van der Waals surface area contributed by atoms with E-state index in [4.69, 9.17) is 4.42 Å². The van der Waals surface area contributed by atoms with Crippen LogP contribution in [0.5, 0.6) is 5.75 Å². The van der Waals surface area contributed by atoms with Crippen molar-refractivity contribution in [2.24, 2.45) is 0 Å². The van der Waals surface area contributed by atoms with Crippen LogP contribution in [-0.4, -0.2) is 13.9 Å². The van der Waals surface area contributed by atoms with Crippen molar-refractivity contribution in [3.8, 4) is 16.9 Å². The van der Waals surface area contributed by atoms with Crippen LogP contribution < -0.4 is 9.81 Å². The lowest BCUT2D eigenvalue weighted by atomic mass is 9.98. The van der Waals surface area contributed by atoms with E-state index < -0.39 is 27.0 Å². The number of hydrogen-bond donors (Lipinski definition) is 0. The third-order valence-corrected chi connectivity index (χ3v) is 4.62. The molecular formula is C17H11F3O5S. The van der Waals surface area contributed by atoms with E-state index in [1.165, 1.54) is 12.1 Å². The first-order valence-electron chi connectivity index (χ1n) is 7.23. The van der Waals surface area contributed by atoms with Crippen LogP contribution in [0.4, 0.5) is 13.2 Å². The highest BCUT2D eigenvalue weighted by Gasteiger charge is 2.48. The zero-order valence-electron chi connectivity index (χ0n) is 13.2. The number of rotatable bonds is 3. The summed E-state index contributed by atoms with van der Waals surface area (Å²) in [6.07, 6.45) is 0. The molecule has 5 nitrogen and oxygen atoms in total. The predicted molar refractivity (Wildman–Crippen MR) is 88.3 cm³/mol. The minimum absolute atomic E-state index is 0.0920. The highest BCUT2D eigenvalue weighted by Crippen LogP contribution is 2.33. The van der Waals surface area contributed by atoms with Gasteiger partial charge in [-0.15, -0.1) is 0 Å². The molecule has 0 aliphatic rings. The summed E-state index contributed by atoms with van der Waals surface area (Å²) in [4.78, 5) is 11.8. The van der Waals surface area contributed by atoms with Crippen molar-refractivity contribution in [1.29, 1.82) is 0 Å². The predicted octanol–water partition coefficient (Wildman–Crippen LogP) is 4.00. The molecule has 0 atom stereocenters. The van der Waals surface area contributed by atoms with Crippen LogP contribution in [-0.2, 0) is 10.1 Å². The Morgan fingerprint density at radius 2 is 1.69 bits per heavy atom. The second-order valence-electron chi connectivity index (χ2n) is 5.44. The molecule has 0 aliphatic heterocycles. The molecule has 0 N–H and O–H groups in total. The van der Waals surface area contributed by atoms with Gasteiger partial charge < -0.3 is 8.60 Å². The highest BCUT2D eigenvalue weighted by molar-refractivity contribution is 7.88. The summed E-state index contributed by atoms with van der Waals surface area (Å²) >= 11 is 0. The van der Waals surface area contributed by atoms with E-state index in [0.29, 0.717) is 10.9 Å². The summed E-state index contributed by atoms with van der Waals surface area (Å²) in [7, 11) is -5.82. The van der Waals surface area contributed by atoms with E-state index in [-0.39, 0.29) is 5.58 Å². The third kappa shape index (κ3) is 3.30. The molecule has 26 heavy (non-hydrogen) atoms. The maximum atomic E-state index is 12.4. The first-order valence-corrected chi connectivity index (χ1v) is 8.64. The van der Waals surface area contributed by atoms with Crippen LogP contribution in [0.25, 0.3) is 22.1 Å². The zero-order valence-corrected chi connectivity index (χ0v) is 14.0. The molecule has 0 spiro atoms. The summed E-state index contributed by atoms with van der Waals surface area (Å²) in [6.45, 7) is 1.84. The van der Waals surface area contributed by atoms with Gasteiger partial charge in [0.1, 0.15) is 11.3 Å². The molecule has 0 saturated heterocycles. The van der Waals surface area contributed by atoms with Crippen molar-refractivity contribution in [2.75, 3.05) is 0 Å². The molecule has 0 unspecified atom stereocenters. The van der Waals surface area contributed by atoms with Gasteiger partial charge >= 0.3 is 21.3 Å². The summed E-state index contributed by atoms with van der Waals surface area (Å²) in [5.74, 6) is -0.611. The minimum atomic E-state index is -5.82. The molecule has 0 radical (unpaired) electrons. The number of hydrogen-bond acceptors (Lipinski definition) is 5. The highest BCUT2D eigenvalue weighted by atomic mass is 32.2. The molecule has 0 aliphatic carbocycles. The van der Waals surface area contributed by atoms with Crippen LogP contribution in [0.3, 0.4) is 0 Å². The normalized spacial score (nSPS) is 12.3. The van der Waals surface area contributed by atoms with Gasteiger partial charge in [0.25, 0.3) is 0 Å². The molecule has 9 heteroatoms. The number of aryl methyl sites for hydroxylation is 1. The molecule has 0 amide bonds. The molecule has 1 heterocycles. The largest absolute Gasteiger partial charge is 0.534 e. The Kier molecular flexibility index (Phi) is 4.27. The number of alkyl halides is 3. The maximum absolute atomic E-state index is 12.4. The fourth-order valence-corrected chi connectivity index (χ4v) is 2.92. The van der Waals surface area contributed by atoms with Crippen LogP contribution in [0.1, 0.15) is 5.56 Å². The van der Waals surface area contributed by atoms with Gasteiger partial charge in [-0.25, -0.2) is 4.79 Å². The Bertz CT molecular complexity index is 1150. The topological polar surface area (TPSA) is 73.6 Å². The summed E-state index contributed by atoms with van der Waals surface area (Å²) in [5, 5.41) is 0.427. The Morgan fingerprint density at radius 3 is 2.35 bits per heavy atom. The Morgan fingerprint density at radius 1 is 1.00 bits per heavy atom. The summed E-state index contributed by atoms with van der Waals surface area (Å²) in [5.41, 5.74) is -4.26. The fraction of sp³-hybridized carbons (Fsp3) is 0.118. The molecule has 2 aromatic carbocycles. The molecule has 0 bridgehead atoms. The van der Waals surface area contributed by atoms with Crippen molar-refractivity contribution < 1.29 is 30.2 Å². The van der Waals surface area contributed by atoms with Gasteiger partial charge in [-0.05, 0) is 30.2 Å². The smallest absolute Gasteiger partial charge is 0.423 e. The van der Waals surface area contributed by atoms with Crippen molar-refractivity contribution in [3.63, 3.8) is 0 Å². The SMILES string of the molecule is Cc1ccccc1-c1cc(=O)oc2cc(OS(=O)(=O)C(F)(F)F)ccc12. The maximum Gasteiger partial charge on any atom is 0.534 e. The van der Waals surface area contributed by atoms with Gasteiger partial charge in [0.15, 0.2) is 0 Å². The van der Waals surface area contributed by atoms with E-state index in [1.54, 1.807) is 12.1 Å². The standard InChI is InChI=1S/C17H11F3O5S/c1-10-4-2-3-5-12(10)14-9-16(21)24-15-8-11(6-7-13(14)15)25-26(22,23)17(18,19)20/h2-9H,1H3. The zero-order chi connectivity index (χ0) is 19.1. The third-order valence-electron chi connectivity index (χ3n) is 3.64. The van der Waals surface area contributed by atoms with Gasteiger partial charge in [0.05, 0.1) is 0 Å².